The molecule has 0 spiro atoms. The lowest BCUT2D eigenvalue weighted by Crippen LogP contribution is -2.14. The third kappa shape index (κ3) is 4.19. The van der Waals surface area contributed by atoms with Gasteiger partial charge in [0.05, 0.1) is 21.8 Å². The molecule has 1 rings (SSSR count). The molecule has 5 heteroatoms. The Morgan fingerprint density at radius 1 is 1.47 bits per heavy atom. The van der Waals surface area contributed by atoms with Crippen molar-refractivity contribution in [3.05, 3.63) is 27.7 Å². The Morgan fingerprint density at radius 3 is 2.71 bits per heavy atom. The summed E-state index contributed by atoms with van der Waals surface area (Å²) < 4.78 is 0. The first-order valence-corrected chi connectivity index (χ1v) is 6.10. The van der Waals surface area contributed by atoms with Crippen LogP contribution in [0.4, 0.5) is 5.69 Å². The van der Waals surface area contributed by atoms with Crippen molar-refractivity contribution < 1.29 is 9.90 Å². The molecule has 17 heavy (non-hydrogen) atoms. The second-order valence-corrected chi connectivity index (χ2v) is 4.77. The van der Waals surface area contributed by atoms with E-state index in [9.17, 15) is 4.79 Å². The first kappa shape index (κ1) is 14.3. The minimum Gasteiger partial charge on any atom is -0.393 e. The highest BCUT2D eigenvalue weighted by atomic mass is 35.5. The van der Waals surface area contributed by atoms with Gasteiger partial charge >= 0.3 is 0 Å². The van der Waals surface area contributed by atoms with Crippen LogP contribution in [0, 0.1) is 6.92 Å². The zero-order valence-electron chi connectivity index (χ0n) is 9.76. The fourth-order valence-electron chi connectivity index (χ4n) is 1.31. The van der Waals surface area contributed by atoms with Gasteiger partial charge in [-0.15, -0.1) is 0 Å². The topological polar surface area (TPSA) is 49.3 Å². The number of nitrogens with one attached hydrogen (secondary N) is 1. The van der Waals surface area contributed by atoms with Gasteiger partial charge in [0.15, 0.2) is 0 Å². The molecule has 1 unspecified atom stereocenters. The Kier molecular flexibility index (Phi) is 5.25. The van der Waals surface area contributed by atoms with Crippen LogP contribution in [0.2, 0.25) is 10.0 Å². The van der Waals surface area contributed by atoms with Crippen LogP contribution in [0.5, 0.6) is 0 Å². The number of halogens is 2. The molecule has 0 radical (unpaired) electrons. The number of amides is 1. The average Bonchev–Trinajstić information content (AvgIpc) is 2.27. The zero-order valence-corrected chi connectivity index (χ0v) is 11.3. The molecular formula is C12H15Cl2NO2. The summed E-state index contributed by atoms with van der Waals surface area (Å²) in [6.07, 6.45) is 0.148. The standard InChI is InChI=1S/C12H15Cl2NO2/c1-7-3-5-9(13)12(11(7)14)15-10(17)6-4-8(2)16/h3,5,8,16H,4,6H2,1-2H3,(H,15,17). The van der Waals surface area contributed by atoms with Crippen LogP contribution in [-0.4, -0.2) is 17.1 Å². The van der Waals surface area contributed by atoms with Gasteiger partial charge in [-0.2, -0.15) is 0 Å². The van der Waals surface area contributed by atoms with Crippen LogP contribution in [0.15, 0.2) is 12.1 Å². The van der Waals surface area contributed by atoms with E-state index in [2.05, 4.69) is 5.32 Å². The minimum atomic E-state index is -0.496. The van der Waals surface area contributed by atoms with Crippen molar-refractivity contribution in [2.45, 2.75) is 32.8 Å². The number of anilines is 1. The molecule has 0 heterocycles. The number of aryl methyl sites for hydroxylation is 1. The van der Waals surface area contributed by atoms with Crippen molar-refractivity contribution >= 4 is 34.8 Å². The van der Waals surface area contributed by atoms with Crippen LogP contribution in [0.1, 0.15) is 25.3 Å². The van der Waals surface area contributed by atoms with E-state index in [0.29, 0.717) is 22.2 Å². The van der Waals surface area contributed by atoms with E-state index in [4.69, 9.17) is 28.3 Å². The van der Waals surface area contributed by atoms with E-state index in [-0.39, 0.29) is 12.3 Å². The monoisotopic (exact) mass is 275 g/mol. The number of carbonyl (C=O) groups is 1. The number of aliphatic hydroxyl groups is 1. The predicted molar refractivity (Wildman–Crippen MR) is 70.7 cm³/mol. The fraction of sp³-hybridized carbons (Fsp3) is 0.417. The molecule has 0 saturated carbocycles. The zero-order chi connectivity index (χ0) is 13.0. The highest BCUT2D eigenvalue weighted by molar-refractivity contribution is 6.40. The van der Waals surface area contributed by atoms with Gasteiger partial charge in [-0.05, 0) is 31.9 Å². The lowest BCUT2D eigenvalue weighted by atomic mass is 10.2. The molecule has 1 aromatic rings. The molecule has 1 aromatic carbocycles. The molecule has 1 amide bonds. The molecule has 0 aliphatic rings. The Hall–Kier alpha value is -0.770. The first-order valence-electron chi connectivity index (χ1n) is 5.34. The third-order valence-electron chi connectivity index (χ3n) is 2.34. The smallest absolute Gasteiger partial charge is 0.224 e. The summed E-state index contributed by atoms with van der Waals surface area (Å²) in [6, 6.07) is 3.48. The Morgan fingerprint density at radius 2 is 2.12 bits per heavy atom. The molecule has 2 N–H and O–H groups in total. The Bertz CT molecular complexity index is 419. The highest BCUT2D eigenvalue weighted by Gasteiger charge is 2.12. The lowest BCUT2D eigenvalue weighted by molar-refractivity contribution is -0.116. The molecule has 1 atom stereocenters. The number of hydrogen-bond donors (Lipinski definition) is 2. The lowest BCUT2D eigenvalue weighted by Gasteiger charge is -2.11. The second kappa shape index (κ2) is 6.24. The maximum absolute atomic E-state index is 11.6. The summed E-state index contributed by atoms with van der Waals surface area (Å²) in [5.41, 5.74) is 1.28. The molecule has 0 aliphatic heterocycles. The summed E-state index contributed by atoms with van der Waals surface area (Å²) in [7, 11) is 0. The van der Waals surface area contributed by atoms with Gasteiger partial charge in [-0.3, -0.25) is 4.79 Å². The summed E-state index contributed by atoms with van der Waals surface area (Å²) in [5.74, 6) is -0.208. The van der Waals surface area contributed by atoms with Gasteiger partial charge in [0.25, 0.3) is 0 Å². The van der Waals surface area contributed by atoms with Gasteiger partial charge in [0, 0.05) is 6.42 Å². The van der Waals surface area contributed by atoms with Crippen LogP contribution >= 0.6 is 23.2 Å². The fourth-order valence-corrected chi connectivity index (χ4v) is 1.78. The predicted octanol–water partition coefficient (Wildman–Crippen LogP) is 3.40. The molecule has 0 saturated heterocycles. The number of benzene rings is 1. The van der Waals surface area contributed by atoms with Gasteiger partial charge in [0.1, 0.15) is 0 Å². The summed E-state index contributed by atoms with van der Waals surface area (Å²) >= 11 is 12.0. The molecule has 3 nitrogen and oxygen atoms in total. The molecular weight excluding hydrogens is 261 g/mol. The molecule has 0 aromatic heterocycles. The SMILES string of the molecule is Cc1ccc(Cl)c(NC(=O)CCC(C)O)c1Cl. The summed E-state index contributed by atoms with van der Waals surface area (Å²) in [5, 5.41) is 12.6. The molecule has 0 fully saturated rings. The molecule has 94 valence electrons. The van der Waals surface area contributed by atoms with Crippen molar-refractivity contribution in [1.82, 2.24) is 0 Å². The number of carbonyl (C=O) groups excluding carboxylic acids is 1. The maximum Gasteiger partial charge on any atom is 0.224 e. The van der Waals surface area contributed by atoms with Gasteiger partial charge in [-0.1, -0.05) is 29.3 Å². The average molecular weight is 276 g/mol. The van der Waals surface area contributed by atoms with E-state index in [0.717, 1.165) is 5.56 Å². The van der Waals surface area contributed by atoms with Crippen LogP contribution in [0.25, 0.3) is 0 Å². The Labute approximate surface area is 111 Å². The number of rotatable bonds is 4. The quantitative estimate of drug-likeness (QED) is 0.885. The van der Waals surface area contributed by atoms with Gasteiger partial charge in [-0.25, -0.2) is 0 Å². The molecule has 0 bridgehead atoms. The van der Waals surface area contributed by atoms with Crippen molar-refractivity contribution in [2.24, 2.45) is 0 Å². The summed E-state index contributed by atoms with van der Waals surface area (Å²) in [4.78, 5) is 11.6. The van der Waals surface area contributed by atoms with Gasteiger partial charge < -0.3 is 10.4 Å². The van der Waals surface area contributed by atoms with E-state index in [1.165, 1.54) is 0 Å². The highest BCUT2D eigenvalue weighted by Crippen LogP contribution is 2.32. The van der Waals surface area contributed by atoms with Crippen molar-refractivity contribution in [3.63, 3.8) is 0 Å². The number of aliphatic hydroxyl groups excluding tert-OH is 1. The largest absolute Gasteiger partial charge is 0.393 e. The van der Waals surface area contributed by atoms with E-state index < -0.39 is 6.10 Å². The first-order chi connectivity index (χ1) is 7.91. The third-order valence-corrected chi connectivity index (χ3v) is 3.14. The van der Waals surface area contributed by atoms with Gasteiger partial charge in [0.2, 0.25) is 5.91 Å². The molecule has 0 aliphatic carbocycles. The van der Waals surface area contributed by atoms with Crippen LogP contribution in [0.3, 0.4) is 0 Å². The van der Waals surface area contributed by atoms with Crippen LogP contribution < -0.4 is 5.32 Å². The second-order valence-electron chi connectivity index (χ2n) is 3.99. The summed E-state index contributed by atoms with van der Waals surface area (Å²) in [6.45, 7) is 3.48. The normalized spacial score (nSPS) is 12.3. The van der Waals surface area contributed by atoms with E-state index in [1.807, 2.05) is 6.92 Å². The van der Waals surface area contributed by atoms with Crippen molar-refractivity contribution in [2.75, 3.05) is 5.32 Å². The maximum atomic E-state index is 11.6. The van der Waals surface area contributed by atoms with Crippen molar-refractivity contribution in [1.29, 1.82) is 0 Å². The van der Waals surface area contributed by atoms with E-state index >= 15 is 0 Å². The van der Waals surface area contributed by atoms with Crippen molar-refractivity contribution in [3.8, 4) is 0 Å². The minimum absolute atomic E-state index is 0.208. The Balaban J connectivity index is 2.74. The number of hydrogen-bond acceptors (Lipinski definition) is 2. The van der Waals surface area contributed by atoms with E-state index in [1.54, 1.807) is 19.1 Å². The van der Waals surface area contributed by atoms with Crippen LogP contribution in [-0.2, 0) is 4.79 Å².